The van der Waals surface area contributed by atoms with Gasteiger partial charge in [-0.05, 0) is 57.0 Å². The summed E-state index contributed by atoms with van der Waals surface area (Å²) in [6, 6.07) is 5.54. The van der Waals surface area contributed by atoms with Crippen molar-refractivity contribution in [3.8, 4) is 0 Å². The summed E-state index contributed by atoms with van der Waals surface area (Å²) >= 11 is 1.54. The monoisotopic (exact) mass is 370 g/mol. The molecule has 1 unspecified atom stereocenters. The second-order valence-electron chi connectivity index (χ2n) is 6.49. The van der Waals surface area contributed by atoms with Gasteiger partial charge in [-0.25, -0.2) is 4.98 Å². The van der Waals surface area contributed by atoms with Gasteiger partial charge in [-0.2, -0.15) is 0 Å². The molecule has 0 spiro atoms. The quantitative estimate of drug-likeness (QED) is 0.647. The zero-order valence-electron chi connectivity index (χ0n) is 15.5. The highest BCUT2D eigenvalue weighted by molar-refractivity contribution is 7.18. The minimum Gasteiger partial charge on any atom is -0.375 e. The fourth-order valence-corrected chi connectivity index (χ4v) is 3.92. The van der Waals surface area contributed by atoms with Gasteiger partial charge in [0.05, 0.1) is 11.4 Å². The van der Waals surface area contributed by atoms with Gasteiger partial charge in [-0.15, -0.1) is 11.3 Å². The molecule has 136 valence electrons. The van der Waals surface area contributed by atoms with Crippen molar-refractivity contribution in [2.45, 2.75) is 40.7 Å². The van der Waals surface area contributed by atoms with E-state index in [1.165, 1.54) is 6.92 Å². The number of anilines is 2. The Morgan fingerprint density at radius 3 is 2.65 bits per heavy atom. The van der Waals surface area contributed by atoms with E-state index >= 15 is 0 Å². The number of aryl methyl sites for hydroxylation is 3. The molecule has 3 rings (SSSR count). The first-order chi connectivity index (χ1) is 12.3. The molecule has 1 aromatic carbocycles. The molecule has 0 aliphatic rings. The van der Waals surface area contributed by atoms with E-state index < -0.39 is 0 Å². The minimum absolute atomic E-state index is 0.0983. The Morgan fingerprint density at radius 1 is 1.27 bits per heavy atom. The van der Waals surface area contributed by atoms with Gasteiger partial charge < -0.3 is 15.6 Å². The van der Waals surface area contributed by atoms with Gasteiger partial charge in [0.2, 0.25) is 5.91 Å². The largest absolute Gasteiger partial charge is 0.375 e. The van der Waals surface area contributed by atoms with Crippen molar-refractivity contribution in [2.75, 3.05) is 10.6 Å². The maximum atomic E-state index is 12.4. The number of hydrogen-bond acceptors (Lipinski definition) is 5. The highest BCUT2D eigenvalue weighted by Gasteiger charge is 2.15. The van der Waals surface area contributed by atoms with Crippen LogP contribution in [-0.4, -0.2) is 15.9 Å². The van der Waals surface area contributed by atoms with Crippen LogP contribution in [-0.2, 0) is 4.79 Å². The first-order valence-corrected chi connectivity index (χ1v) is 9.22. The molecule has 0 aliphatic heterocycles. The molecular weight excluding hydrogens is 348 g/mol. The zero-order chi connectivity index (χ0) is 19.0. The SMILES string of the molecule is CC(=O)Nc1ccc(NC(C)c2nc3sc(C)c(C)c3c(=O)[nH]2)cc1C. The number of H-pyrrole nitrogens is 1. The third kappa shape index (κ3) is 3.48. The van der Waals surface area contributed by atoms with Gasteiger partial charge in [0, 0.05) is 23.2 Å². The lowest BCUT2D eigenvalue weighted by atomic mass is 10.1. The van der Waals surface area contributed by atoms with Crippen LogP contribution >= 0.6 is 11.3 Å². The second-order valence-corrected chi connectivity index (χ2v) is 7.69. The van der Waals surface area contributed by atoms with Crippen LogP contribution < -0.4 is 16.2 Å². The average Bonchev–Trinajstić information content (AvgIpc) is 2.84. The maximum Gasteiger partial charge on any atom is 0.259 e. The third-order valence-corrected chi connectivity index (χ3v) is 5.49. The standard InChI is InChI=1S/C19H22N4O2S/c1-9-8-14(6-7-15(9)21-13(5)24)20-11(3)17-22-18(25)16-10(2)12(4)26-19(16)23-17/h6-8,11,20H,1-5H3,(H,21,24)(H,22,23,25). The average molecular weight is 370 g/mol. The van der Waals surface area contributed by atoms with Crippen molar-refractivity contribution in [3.05, 3.63) is 50.4 Å². The highest BCUT2D eigenvalue weighted by atomic mass is 32.1. The van der Waals surface area contributed by atoms with Crippen molar-refractivity contribution < 1.29 is 4.79 Å². The molecule has 2 heterocycles. The Bertz CT molecular complexity index is 1050. The number of rotatable bonds is 4. The molecule has 3 N–H and O–H groups in total. The molecule has 2 aromatic heterocycles. The van der Waals surface area contributed by atoms with Crippen LogP contribution in [0.1, 0.15) is 41.7 Å². The summed E-state index contributed by atoms with van der Waals surface area (Å²) < 4.78 is 0. The summed E-state index contributed by atoms with van der Waals surface area (Å²) in [4.78, 5) is 33.1. The molecule has 0 aliphatic carbocycles. The van der Waals surface area contributed by atoms with Crippen LogP contribution in [0, 0.1) is 20.8 Å². The molecule has 0 bridgehead atoms. The molecule has 3 aromatic rings. The number of nitrogens with one attached hydrogen (secondary N) is 3. The van der Waals surface area contributed by atoms with Gasteiger partial charge in [-0.3, -0.25) is 9.59 Å². The Hall–Kier alpha value is -2.67. The van der Waals surface area contributed by atoms with E-state index in [4.69, 9.17) is 0 Å². The highest BCUT2D eigenvalue weighted by Crippen LogP contribution is 2.27. The number of carbonyl (C=O) groups excluding carboxylic acids is 1. The molecule has 6 nitrogen and oxygen atoms in total. The van der Waals surface area contributed by atoms with E-state index in [-0.39, 0.29) is 17.5 Å². The molecule has 0 fully saturated rings. The number of amides is 1. The first kappa shape index (κ1) is 18.1. The van der Waals surface area contributed by atoms with E-state index in [9.17, 15) is 9.59 Å². The molecular formula is C19H22N4O2S. The van der Waals surface area contributed by atoms with Gasteiger partial charge in [0.15, 0.2) is 0 Å². The van der Waals surface area contributed by atoms with Gasteiger partial charge >= 0.3 is 0 Å². The van der Waals surface area contributed by atoms with Gasteiger partial charge in [0.1, 0.15) is 10.7 Å². The summed E-state index contributed by atoms with van der Waals surface area (Å²) in [6.45, 7) is 9.33. The van der Waals surface area contributed by atoms with E-state index in [1.807, 2.05) is 45.9 Å². The number of hydrogen-bond donors (Lipinski definition) is 3. The van der Waals surface area contributed by atoms with Crippen LogP contribution in [0.3, 0.4) is 0 Å². The Balaban J connectivity index is 1.87. The minimum atomic E-state index is -0.166. The molecule has 1 amide bonds. The normalized spacial score (nSPS) is 12.2. The number of fused-ring (bicyclic) bond motifs is 1. The first-order valence-electron chi connectivity index (χ1n) is 8.41. The van der Waals surface area contributed by atoms with Gasteiger partial charge in [0.25, 0.3) is 5.56 Å². The van der Waals surface area contributed by atoms with Crippen LogP contribution in [0.2, 0.25) is 0 Å². The molecule has 7 heteroatoms. The summed E-state index contributed by atoms with van der Waals surface area (Å²) in [5.74, 6) is 0.506. The van der Waals surface area contributed by atoms with Gasteiger partial charge in [-0.1, -0.05) is 0 Å². The van der Waals surface area contributed by atoms with Crippen molar-refractivity contribution in [1.29, 1.82) is 0 Å². The predicted molar refractivity (Wildman–Crippen MR) is 107 cm³/mol. The number of aromatic nitrogens is 2. The fraction of sp³-hybridized carbons (Fsp3) is 0.316. The summed E-state index contributed by atoms with van der Waals surface area (Å²) in [7, 11) is 0. The van der Waals surface area contributed by atoms with Crippen molar-refractivity contribution in [1.82, 2.24) is 9.97 Å². The smallest absolute Gasteiger partial charge is 0.259 e. The van der Waals surface area contributed by atoms with E-state index in [2.05, 4.69) is 20.6 Å². The van der Waals surface area contributed by atoms with E-state index in [1.54, 1.807) is 11.3 Å². The van der Waals surface area contributed by atoms with Crippen molar-refractivity contribution >= 4 is 38.8 Å². The summed E-state index contributed by atoms with van der Waals surface area (Å²) in [6.07, 6.45) is 0. The number of benzene rings is 1. The zero-order valence-corrected chi connectivity index (χ0v) is 16.3. The van der Waals surface area contributed by atoms with Crippen LogP contribution in [0.5, 0.6) is 0 Å². The Labute approximate surface area is 155 Å². The molecule has 0 saturated heterocycles. The maximum absolute atomic E-state index is 12.4. The molecule has 0 radical (unpaired) electrons. The van der Waals surface area contributed by atoms with Crippen LogP contribution in [0.15, 0.2) is 23.0 Å². The topological polar surface area (TPSA) is 86.9 Å². The third-order valence-electron chi connectivity index (χ3n) is 4.39. The molecule has 26 heavy (non-hydrogen) atoms. The Kier molecular flexibility index (Phi) is 4.82. The van der Waals surface area contributed by atoms with E-state index in [0.717, 1.165) is 32.2 Å². The predicted octanol–water partition coefficient (Wildman–Crippen LogP) is 4.04. The molecule has 1 atom stereocenters. The summed E-state index contributed by atoms with van der Waals surface area (Å²) in [5, 5.41) is 6.83. The lowest BCUT2D eigenvalue weighted by molar-refractivity contribution is -0.114. The lowest BCUT2D eigenvalue weighted by Gasteiger charge is -2.16. The second kappa shape index (κ2) is 6.92. The van der Waals surface area contributed by atoms with Crippen LogP contribution in [0.25, 0.3) is 10.2 Å². The number of carbonyl (C=O) groups is 1. The molecule has 0 saturated carbocycles. The number of thiophene rings is 1. The summed E-state index contributed by atoms with van der Waals surface area (Å²) in [5.41, 5.74) is 3.53. The number of nitrogens with zero attached hydrogens (tertiary/aromatic N) is 1. The fourth-order valence-electron chi connectivity index (χ4n) is 2.88. The van der Waals surface area contributed by atoms with Crippen molar-refractivity contribution in [2.24, 2.45) is 0 Å². The van der Waals surface area contributed by atoms with Crippen molar-refractivity contribution in [3.63, 3.8) is 0 Å². The Morgan fingerprint density at radius 2 is 2.00 bits per heavy atom. The number of aromatic amines is 1. The van der Waals surface area contributed by atoms with Crippen LogP contribution in [0.4, 0.5) is 11.4 Å². The lowest BCUT2D eigenvalue weighted by Crippen LogP contribution is -2.17. The van der Waals surface area contributed by atoms with E-state index in [0.29, 0.717) is 11.2 Å².